The molecule has 12 nitrogen and oxygen atoms in total. The number of rotatable bonds is 13. The van der Waals surface area contributed by atoms with Crippen molar-refractivity contribution in [3.63, 3.8) is 0 Å². The van der Waals surface area contributed by atoms with Gasteiger partial charge in [-0.25, -0.2) is 14.8 Å². The van der Waals surface area contributed by atoms with Gasteiger partial charge in [0.1, 0.15) is 29.4 Å². The molecule has 0 aliphatic heterocycles. The Balaban J connectivity index is 1.78. The van der Waals surface area contributed by atoms with Crippen LogP contribution in [0, 0.1) is 0 Å². The highest BCUT2D eigenvalue weighted by Crippen LogP contribution is 2.32. The van der Waals surface area contributed by atoms with E-state index in [1.807, 2.05) is 20.8 Å². The largest absolute Gasteiger partial charge is 0.465 e. The van der Waals surface area contributed by atoms with E-state index in [9.17, 15) is 23.5 Å². The molecular formula is C30H41F2N7O5Si. The average molecular weight is 646 g/mol. The molecule has 0 saturated carbocycles. The van der Waals surface area contributed by atoms with Crippen LogP contribution in [0.4, 0.5) is 13.6 Å². The third-order valence-electron chi connectivity index (χ3n) is 6.90. The quantitative estimate of drug-likeness (QED) is 0.136. The normalized spacial score (nSPS) is 12.3. The Morgan fingerprint density at radius 2 is 1.93 bits per heavy atom. The summed E-state index contributed by atoms with van der Waals surface area (Å²) in [7, 11) is 0.176. The van der Waals surface area contributed by atoms with Gasteiger partial charge in [-0.05, 0) is 51.4 Å². The smallest absolute Gasteiger partial charge is 0.407 e. The number of carbonyl (C=O) groups is 2. The van der Waals surface area contributed by atoms with Crippen molar-refractivity contribution in [1.29, 1.82) is 0 Å². The summed E-state index contributed by atoms with van der Waals surface area (Å²) in [5.74, 6) is -0.379. The van der Waals surface area contributed by atoms with E-state index in [2.05, 4.69) is 34.7 Å². The SMILES string of the molecule is CN(CCCn1nc(-c2cnc3c(n2)c(C(=O)NC(C)(C)C)cn3COCC[Si](C)(C)C)c2cc(OC(F)F)ccc21)C(=O)O. The predicted octanol–water partition coefficient (Wildman–Crippen LogP) is 5.89. The lowest BCUT2D eigenvalue weighted by molar-refractivity contribution is -0.0497. The van der Waals surface area contributed by atoms with Crippen LogP contribution < -0.4 is 10.1 Å². The summed E-state index contributed by atoms with van der Waals surface area (Å²) in [6.45, 7) is 10.8. The number of nitrogens with zero attached hydrogens (tertiary/aromatic N) is 6. The second-order valence-corrected chi connectivity index (χ2v) is 18.8. The summed E-state index contributed by atoms with van der Waals surface area (Å²) in [5.41, 5.74) is 1.89. The fourth-order valence-electron chi connectivity index (χ4n) is 4.63. The molecule has 0 radical (unpaired) electrons. The number of nitrogens with one attached hydrogen (secondary N) is 1. The molecule has 0 saturated heterocycles. The highest BCUT2D eigenvalue weighted by atomic mass is 28.3. The lowest BCUT2D eigenvalue weighted by Crippen LogP contribution is -2.40. The number of hydrogen-bond acceptors (Lipinski definition) is 7. The number of aryl methyl sites for hydroxylation is 1. The number of benzene rings is 1. The summed E-state index contributed by atoms with van der Waals surface area (Å²) in [5, 5.41) is 17.4. The number of carbonyl (C=O) groups excluding carboxylic acids is 1. The van der Waals surface area contributed by atoms with Crippen molar-refractivity contribution in [2.45, 2.75) is 78.3 Å². The Morgan fingerprint density at radius 1 is 1.20 bits per heavy atom. The first kappa shape index (κ1) is 33.8. The third-order valence-corrected chi connectivity index (χ3v) is 8.61. The van der Waals surface area contributed by atoms with E-state index in [0.29, 0.717) is 58.6 Å². The Hall–Kier alpha value is -4.11. The maximum atomic E-state index is 13.4. The summed E-state index contributed by atoms with van der Waals surface area (Å²) in [4.78, 5) is 35.3. The molecule has 0 fully saturated rings. The fourth-order valence-corrected chi connectivity index (χ4v) is 5.38. The highest BCUT2D eigenvalue weighted by Gasteiger charge is 2.24. The molecule has 2 amide bonds. The summed E-state index contributed by atoms with van der Waals surface area (Å²) in [6, 6.07) is 5.48. The van der Waals surface area contributed by atoms with E-state index in [0.717, 1.165) is 6.04 Å². The van der Waals surface area contributed by atoms with Gasteiger partial charge in [-0.2, -0.15) is 13.9 Å². The monoisotopic (exact) mass is 645 g/mol. The number of ether oxygens (including phenoxy) is 2. The predicted molar refractivity (Wildman–Crippen MR) is 169 cm³/mol. The summed E-state index contributed by atoms with van der Waals surface area (Å²) < 4.78 is 40.2. The zero-order valence-corrected chi connectivity index (χ0v) is 27.7. The van der Waals surface area contributed by atoms with Gasteiger partial charge in [0.2, 0.25) is 0 Å². The van der Waals surface area contributed by atoms with Crippen molar-refractivity contribution in [2.24, 2.45) is 0 Å². The van der Waals surface area contributed by atoms with Crippen LogP contribution in [-0.4, -0.2) is 86.7 Å². The minimum Gasteiger partial charge on any atom is -0.465 e. The molecule has 3 aromatic heterocycles. The topological polar surface area (TPSA) is 137 Å². The molecule has 2 N–H and O–H groups in total. The molecule has 4 aromatic rings. The van der Waals surface area contributed by atoms with Crippen molar-refractivity contribution < 1.29 is 33.0 Å². The molecule has 0 unspecified atom stereocenters. The molecule has 0 aliphatic rings. The van der Waals surface area contributed by atoms with E-state index in [1.165, 1.54) is 30.3 Å². The minimum atomic E-state index is -3.01. The van der Waals surface area contributed by atoms with E-state index in [4.69, 9.17) is 14.8 Å². The van der Waals surface area contributed by atoms with Gasteiger partial charge in [0, 0.05) is 51.9 Å². The van der Waals surface area contributed by atoms with Gasteiger partial charge in [-0.15, -0.1) is 0 Å². The lowest BCUT2D eigenvalue weighted by Gasteiger charge is -2.20. The first-order valence-electron chi connectivity index (χ1n) is 14.7. The van der Waals surface area contributed by atoms with Crippen LogP contribution in [-0.2, 0) is 18.0 Å². The Labute approximate surface area is 261 Å². The van der Waals surface area contributed by atoms with Gasteiger partial charge in [-0.1, -0.05) is 19.6 Å². The number of aromatic nitrogens is 5. The summed E-state index contributed by atoms with van der Waals surface area (Å²) in [6.07, 6.45) is 2.61. The van der Waals surface area contributed by atoms with Crippen LogP contribution >= 0.6 is 0 Å². The number of alkyl halides is 2. The van der Waals surface area contributed by atoms with Gasteiger partial charge in [0.15, 0.2) is 5.65 Å². The molecule has 0 bridgehead atoms. The second kappa shape index (κ2) is 13.5. The van der Waals surface area contributed by atoms with Crippen molar-refractivity contribution in [3.05, 3.63) is 36.2 Å². The van der Waals surface area contributed by atoms with Gasteiger partial charge in [0.25, 0.3) is 5.91 Å². The third kappa shape index (κ3) is 8.75. The molecule has 3 heterocycles. The zero-order chi connectivity index (χ0) is 33.1. The number of fused-ring (bicyclic) bond motifs is 2. The molecule has 4 rings (SSSR count). The van der Waals surface area contributed by atoms with Gasteiger partial charge in [-0.3, -0.25) is 9.48 Å². The zero-order valence-electron chi connectivity index (χ0n) is 26.7. The molecule has 1 aromatic carbocycles. The van der Waals surface area contributed by atoms with Crippen LogP contribution in [0.15, 0.2) is 30.6 Å². The number of hydrogen-bond donors (Lipinski definition) is 2. The van der Waals surface area contributed by atoms with Crippen molar-refractivity contribution in [2.75, 3.05) is 20.2 Å². The van der Waals surface area contributed by atoms with Crippen molar-refractivity contribution in [1.82, 2.24) is 34.5 Å². The van der Waals surface area contributed by atoms with Gasteiger partial charge < -0.3 is 29.4 Å². The molecule has 15 heteroatoms. The number of amides is 2. The number of halogens is 2. The first-order chi connectivity index (χ1) is 21.0. The van der Waals surface area contributed by atoms with Gasteiger partial charge in [0.05, 0.1) is 17.3 Å². The lowest BCUT2D eigenvalue weighted by atomic mass is 10.1. The van der Waals surface area contributed by atoms with Crippen LogP contribution in [0.3, 0.4) is 0 Å². The minimum absolute atomic E-state index is 0.0511. The highest BCUT2D eigenvalue weighted by molar-refractivity contribution is 6.76. The van der Waals surface area contributed by atoms with Crippen LogP contribution in [0.25, 0.3) is 33.5 Å². The van der Waals surface area contributed by atoms with Crippen molar-refractivity contribution in [3.8, 4) is 17.1 Å². The summed E-state index contributed by atoms with van der Waals surface area (Å²) >= 11 is 0. The van der Waals surface area contributed by atoms with E-state index in [-0.39, 0.29) is 24.9 Å². The molecule has 0 aliphatic carbocycles. The molecule has 244 valence electrons. The van der Waals surface area contributed by atoms with E-state index in [1.54, 1.807) is 21.5 Å². The molecular weight excluding hydrogens is 604 g/mol. The first-order valence-corrected chi connectivity index (χ1v) is 18.4. The van der Waals surface area contributed by atoms with Crippen LogP contribution in [0.2, 0.25) is 25.7 Å². The molecule has 0 spiro atoms. The Morgan fingerprint density at radius 3 is 2.58 bits per heavy atom. The molecule has 0 atom stereocenters. The Bertz CT molecular complexity index is 1680. The maximum absolute atomic E-state index is 13.4. The second-order valence-electron chi connectivity index (χ2n) is 13.2. The van der Waals surface area contributed by atoms with E-state index < -0.39 is 26.3 Å². The van der Waals surface area contributed by atoms with Crippen LogP contribution in [0.1, 0.15) is 37.6 Å². The fraction of sp³-hybridized carbons (Fsp3) is 0.500. The number of carboxylic acid groups (broad SMARTS) is 1. The van der Waals surface area contributed by atoms with Crippen LogP contribution in [0.5, 0.6) is 5.75 Å². The van der Waals surface area contributed by atoms with Gasteiger partial charge >= 0.3 is 12.7 Å². The van der Waals surface area contributed by atoms with E-state index >= 15 is 0 Å². The van der Waals surface area contributed by atoms with Crippen molar-refractivity contribution >= 4 is 42.1 Å². The average Bonchev–Trinajstić information content (AvgIpc) is 3.47. The Kier molecular flexibility index (Phi) is 10.1. The maximum Gasteiger partial charge on any atom is 0.407 e. The molecule has 45 heavy (non-hydrogen) atoms. The standard InChI is InChI=1S/C30H41F2N7O5Si/c1-30(2,3)35-27(40)21-17-38(18-43-13-14-45(5,6)7)26-25(21)34-22(16-33-26)24-20-15-19(44-28(31)32)9-10-23(20)39(36-24)12-8-11-37(4)29(41)42/h9-10,15-17,28H,8,11-14,18H2,1-7H3,(H,35,40)(H,41,42).